The van der Waals surface area contributed by atoms with E-state index in [9.17, 15) is 13.2 Å². The van der Waals surface area contributed by atoms with Gasteiger partial charge >= 0.3 is 6.03 Å². The highest BCUT2D eigenvalue weighted by Crippen LogP contribution is 2.17. The highest BCUT2D eigenvalue weighted by molar-refractivity contribution is 7.99. The summed E-state index contributed by atoms with van der Waals surface area (Å²) < 4.78 is 28.8. The largest absolute Gasteiger partial charge is 0.384 e. The number of hydrogen-bond acceptors (Lipinski definition) is 5. The van der Waals surface area contributed by atoms with E-state index in [0.717, 1.165) is 24.6 Å². The lowest BCUT2D eigenvalue weighted by atomic mass is 10.3. The van der Waals surface area contributed by atoms with Gasteiger partial charge in [-0.25, -0.2) is 13.2 Å². The van der Waals surface area contributed by atoms with Crippen LogP contribution in [0.3, 0.4) is 0 Å². The van der Waals surface area contributed by atoms with Gasteiger partial charge in [-0.05, 0) is 24.3 Å². The summed E-state index contributed by atoms with van der Waals surface area (Å²) in [6, 6.07) is 6.08. The minimum atomic E-state index is -3.34. The molecule has 1 aliphatic heterocycles. The monoisotopic (exact) mass is 344 g/mol. The number of rotatable bonds is 5. The van der Waals surface area contributed by atoms with Crippen molar-refractivity contribution >= 4 is 33.3 Å². The van der Waals surface area contributed by atoms with Crippen molar-refractivity contribution in [2.45, 2.75) is 4.90 Å². The minimum absolute atomic E-state index is 0.0549. The van der Waals surface area contributed by atoms with E-state index in [0.29, 0.717) is 5.69 Å². The fraction of sp³-hybridized carbons (Fsp3) is 0.500. The van der Waals surface area contributed by atoms with Gasteiger partial charge in [-0.2, -0.15) is 11.8 Å². The lowest BCUT2D eigenvalue weighted by molar-refractivity contribution is 0.217. The Bertz CT molecular complexity index is 596. The molecule has 0 unspecified atom stereocenters. The Balaban J connectivity index is 1.98. The predicted octanol–water partition coefficient (Wildman–Crippen LogP) is 1.69. The van der Waals surface area contributed by atoms with Crippen molar-refractivity contribution in [3.05, 3.63) is 24.3 Å². The van der Waals surface area contributed by atoms with Crippen molar-refractivity contribution in [3.63, 3.8) is 0 Å². The second kappa shape index (κ2) is 7.85. The molecule has 0 aromatic heterocycles. The van der Waals surface area contributed by atoms with Crippen molar-refractivity contribution in [1.82, 2.24) is 4.90 Å². The number of thioether (sulfide) groups is 1. The van der Waals surface area contributed by atoms with Gasteiger partial charge in [0.15, 0.2) is 9.84 Å². The highest BCUT2D eigenvalue weighted by Gasteiger charge is 2.17. The Hall–Kier alpha value is -1.25. The minimum Gasteiger partial charge on any atom is -0.384 e. The molecule has 1 saturated heterocycles. The number of sulfone groups is 1. The molecule has 8 heteroatoms. The molecule has 1 N–H and O–H groups in total. The number of anilines is 1. The summed E-state index contributed by atoms with van der Waals surface area (Å²) in [5.74, 6) is 1.84. The molecule has 2 amide bonds. The van der Waals surface area contributed by atoms with Gasteiger partial charge < -0.3 is 15.0 Å². The molecule has 1 aromatic carbocycles. The molecule has 0 spiro atoms. The van der Waals surface area contributed by atoms with Crippen LogP contribution in [0, 0.1) is 0 Å². The Morgan fingerprint density at radius 1 is 1.27 bits per heavy atom. The molecule has 0 radical (unpaired) electrons. The van der Waals surface area contributed by atoms with Crippen LogP contribution in [0.4, 0.5) is 10.5 Å². The van der Waals surface area contributed by atoms with Gasteiger partial charge in [-0.15, -0.1) is 0 Å². The Kier molecular flexibility index (Phi) is 6.10. The van der Waals surface area contributed by atoms with Crippen LogP contribution in [-0.4, -0.2) is 63.4 Å². The van der Waals surface area contributed by atoms with E-state index in [2.05, 4.69) is 5.32 Å². The number of ether oxygens (including phenoxy) is 1. The Morgan fingerprint density at radius 2 is 1.91 bits per heavy atom. The molecule has 0 saturated carbocycles. The van der Waals surface area contributed by atoms with Crippen LogP contribution >= 0.6 is 11.8 Å². The first kappa shape index (κ1) is 17.1. The fourth-order valence-corrected chi connectivity index (χ4v) is 4.10. The van der Waals surface area contributed by atoms with E-state index in [1.807, 2.05) is 11.8 Å². The molecule has 1 fully saturated rings. The molecular weight excluding hydrogens is 324 g/mol. The van der Waals surface area contributed by atoms with E-state index in [-0.39, 0.29) is 23.3 Å². The van der Waals surface area contributed by atoms with E-state index in [4.69, 9.17) is 4.74 Å². The third-order valence-corrected chi connectivity index (χ3v) is 5.96. The van der Waals surface area contributed by atoms with Crippen LogP contribution < -0.4 is 5.32 Å². The van der Waals surface area contributed by atoms with Crippen LogP contribution in [0.5, 0.6) is 0 Å². The maximum atomic E-state index is 12.1. The van der Waals surface area contributed by atoms with Crippen LogP contribution in [0.25, 0.3) is 0 Å². The average Bonchev–Trinajstić information content (AvgIpc) is 2.54. The van der Waals surface area contributed by atoms with Crippen LogP contribution in [-0.2, 0) is 14.6 Å². The number of benzene rings is 1. The first-order valence-electron chi connectivity index (χ1n) is 6.98. The van der Waals surface area contributed by atoms with Crippen molar-refractivity contribution in [1.29, 1.82) is 0 Å². The van der Waals surface area contributed by atoms with Crippen molar-refractivity contribution in [2.24, 2.45) is 0 Å². The van der Waals surface area contributed by atoms with Gasteiger partial charge in [0.05, 0.1) is 17.3 Å². The third kappa shape index (κ3) is 4.62. The van der Waals surface area contributed by atoms with E-state index in [1.165, 1.54) is 19.2 Å². The number of carbonyl (C=O) groups excluding carboxylic acids is 1. The van der Waals surface area contributed by atoms with Gasteiger partial charge in [-0.1, -0.05) is 0 Å². The Morgan fingerprint density at radius 3 is 2.50 bits per heavy atom. The number of carbonyl (C=O) groups is 1. The van der Waals surface area contributed by atoms with Gasteiger partial charge in [0.25, 0.3) is 0 Å². The molecule has 2 rings (SSSR count). The molecule has 6 nitrogen and oxygen atoms in total. The van der Waals surface area contributed by atoms with Crippen LogP contribution in [0.15, 0.2) is 29.2 Å². The van der Waals surface area contributed by atoms with Crippen LogP contribution in [0.1, 0.15) is 0 Å². The van der Waals surface area contributed by atoms with Gasteiger partial charge in [0, 0.05) is 37.4 Å². The molecule has 0 atom stereocenters. The summed E-state index contributed by atoms with van der Waals surface area (Å²) in [5, 5.41) is 2.79. The maximum absolute atomic E-state index is 12.1. The van der Waals surface area contributed by atoms with Crippen molar-refractivity contribution in [2.75, 3.05) is 49.4 Å². The summed E-state index contributed by atoms with van der Waals surface area (Å²) in [7, 11) is -1.87. The summed E-state index contributed by atoms with van der Waals surface area (Å²) in [5.41, 5.74) is 0.592. The number of amides is 2. The van der Waals surface area contributed by atoms with Gasteiger partial charge in [0.1, 0.15) is 0 Å². The lowest BCUT2D eigenvalue weighted by Gasteiger charge is -2.26. The van der Waals surface area contributed by atoms with Gasteiger partial charge in [-0.3, -0.25) is 0 Å². The van der Waals surface area contributed by atoms with Crippen molar-refractivity contribution < 1.29 is 17.9 Å². The molecular formula is C14H20N2O4S2. The normalized spacial score (nSPS) is 15.6. The summed E-state index contributed by atoms with van der Waals surface area (Å²) >= 11 is 1.83. The number of nitrogens with zero attached hydrogens (tertiary/aromatic N) is 1. The zero-order valence-corrected chi connectivity index (χ0v) is 14.1. The zero-order chi connectivity index (χ0) is 16.0. The first-order valence-corrected chi connectivity index (χ1v) is 9.79. The van der Waals surface area contributed by atoms with Crippen molar-refractivity contribution in [3.8, 4) is 0 Å². The summed E-state index contributed by atoms with van der Waals surface area (Å²) in [6.45, 7) is 1.63. The Labute approximate surface area is 135 Å². The standard InChI is InChI=1S/C14H20N2O4S2/c1-20-8-11-22(18,19)13-4-2-12(3-5-13)15-14(17)16-6-9-21-10-7-16/h2-5H,6-11H2,1H3,(H,15,17). The smallest absolute Gasteiger partial charge is 0.321 e. The number of hydrogen-bond donors (Lipinski definition) is 1. The third-order valence-electron chi connectivity index (χ3n) is 3.32. The summed E-state index contributed by atoms with van der Waals surface area (Å²) in [4.78, 5) is 14.1. The van der Waals surface area contributed by atoms with Crippen LogP contribution in [0.2, 0.25) is 0 Å². The van der Waals surface area contributed by atoms with Gasteiger partial charge in [0.2, 0.25) is 0 Å². The molecule has 22 heavy (non-hydrogen) atoms. The first-order chi connectivity index (χ1) is 10.5. The maximum Gasteiger partial charge on any atom is 0.321 e. The average molecular weight is 344 g/mol. The van der Waals surface area contributed by atoms with E-state index in [1.54, 1.807) is 17.0 Å². The number of urea groups is 1. The quantitative estimate of drug-likeness (QED) is 0.880. The predicted molar refractivity (Wildman–Crippen MR) is 88.3 cm³/mol. The molecule has 122 valence electrons. The number of nitrogens with one attached hydrogen (secondary N) is 1. The molecule has 0 aliphatic carbocycles. The lowest BCUT2D eigenvalue weighted by Crippen LogP contribution is -2.40. The van der Waals surface area contributed by atoms with E-state index >= 15 is 0 Å². The fourth-order valence-electron chi connectivity index (χ4n) is 2.03. The molecule has 1 heterocycles. The zero-order valence-electron chi connectivity index (χ0n) is 12.4. The SMILES string of the molecule is COCCS(=O)(=O)c1ccc(NC(=O)N2CCSCC2)cc1. The molecule has 1 aromatic rings. The molecule has 1 aliphatic rings. The van der Waals surface area contributed by atoms with E-state index < -0.39 is 9.84 Å². The second-order valence-electron chi connectivity index (χ2n) is 4.87. The second-order valence-corrected chi connectivity index (χ2v) is 8.20. The topological polar surface area (TPSA) is 75.7 Å². The highest BCUT2D eigenvalue weighted by atomic mass is 32.2. The molecule has 0 bridgehead atoms. The number of methoxy groups -OCH3 is 1. The summed E-state index contributed by atoms with van der Waals surface area (Å²) in [6.07, 6.45) is 0.